The summed E-state index contributed by atoms with van der Waals surface area (Å²) in [6.45, 7) is 5.53. The van der Waals surface area contributed by atoms with Gasteiger partial charge in [-0.1, -0.05) is 61.1 Å². The molecule has 2 aromatic carbocycles. The van der Waals surface area contributed by atoms with E-state index in [2.05, 4.69) is 5.32 Å². The van der Waals surface area contributed by atoms with E-state index in [-0.39, 0.29) is 11.9 Å². The Balaban J connectivity index is 1.92. The molecule has 0 bridgehead atoms. The highest BCUT2D eigenvalue weighted by molar-refractivity contribution is 6.40. The number of hydrogen-bond acceptors (Lipinski definition) is 4. The quantitative estimate of drug-likeness (QED) is 0.331. The number of nitrogens with zero attached hydrogens (tertiary/aromatic N) is 2. The molecule has 5 nitrogen and oxygen atoms in total. The number of rotatable bonds is 5. The first kappa shape index (κ1) is 21.3. The summed E-state index contributed by atoms with van der Waals surface area (Å²) < 4.78 is 7.91. The zero-order chi connectivity index (χ0) is 21.4. The Kier molecular flexibility index (Phi) is 6.14. The van der Waals surface area contributed by atoms with Crippen molar-refractivity contribution in [1.29, 1.82) is 0 Å². The molecule has 0 amide bonds. The van der Waals surface area contributed by atoms with Gasteiger partial charge in [-0.25, -0.2) is 4.98 Å². The highest BCUT2D eigenvalue weighted by Crippen LogP contribution is 2.44. The number of aromatic nitrogens is 2. The Morgan fingerprint density at radius 3 is 2.80 bits per heavy atom. The average molecular weight is 467 g/mol. The van der Waals surface area contributed by atoms with Crippen LogP contribution in [0.2, 0.25) is 15.1 Å². The van der Waals surface area contributed by atoms with Crippen LogP contribution in [0.5, 0.6) is 5.75 Å². The maximum absolute atomic E-state index is 12.7. The van der Waals surface area contributed by atoms with E-state index < -0.39 is 0 Å². The van der Waals surface area contributed by atoms with Crippen molar-refractivity contribution >= 4 is 57.8 Å². The second-order valence-corrected chi connectivity index (χ2v) is 8.76. The van der Waals surface area contributed by atoms with Crippen LogP contribution in [0.15, 0.2) is 24.3 Å². The number of ether oxygens (including phenoxy) is 1. The lowest BCUT2D eigenvalue weighted by Crippen LogP contribution is -2.19. The van der Waals surface area contributed by atoms with Crippen LogP contribution in [-0.2, 0) is 11.3 Å². The topological polar surface area (TPSA) is 56.1 Å². The lowest BCUT2D eigenvalue weighted by Gasteiger charge is -2.18. The summed E-state index contributed by atoms with van der Waals surface area (Å²) in [7, 11) is 0. The number of aryl methyl sites for hydroxylation is 1. The number of carbonyl (C=O) groups excluding carboxylic acids is 1. The van der Waals surface area contributed by atoms with Crippen LogP contribution in [0.3, 0.4) is 0 Å². The first-order chi connectivity index (χ1) is 14.4. The maximum atomic E-state index is 12.7. The fourth-order valence-electron chi connectivity index (χ4n) is 3.78. The predicted molar refractivity (Wildman–Crippen MR) is 123 cm³/mol. The average Bonchev–Trinajstić information content (AvgIpc) is 3.11. The third-order valence-corrected chi connectivity index (χ3v) is 6.25. The molecule has 1 N–H and O–H groups in total. The van der Waals surface area contributed by atoms with Crippen molar-refractivity contribution < 1.29 is 9.53 Å². The van der Waals surface area contributed by atoms with Gasteiger partial charge in [-0.15, -0.1) is 0 Å². The number of anilines is 1. The molecule has 0 saturated heterocycles. The molecule has 1 unspecified atom stereocenters. The lowest BCUT2D eigenvalue weighted by molar-refractivity contribution is -0.138. The summed E-state index contributed by atoms with van der Waals surface area (Å²) in [5, 5.41) is 4.74. The Morgan fingerprint density at radius 1 is 1.27 bits per heavy atom. The lowest BCUT2D eigenvalue weighted by atomic mass is 10.0. The summed E-state index contributed by atoms with van der Waals surface area (Å²) in [5.74, 6) is 0.681. The SMILES string of the molecule is CCCC(C)C(=O)Oc1cc(-c2ccc(Cl)cc2Cl)c(Cl)c2nc3n(c12)CCCN3. The maximum Gasteiger partial charge on any atom is 0.314 e. The van der Waals surface area contributed by atoms with E-state index in [0.29, 0.717) is 43.0 Å². The number of nitrogens with one attached hydrogen (secondary N) is 1. The van der Waals surface area contributed by atoms with Gasteiger partial charge in [0.05, 0.1) is 10.9 Å². The molecule has 1 atom stereocenters. The Bertz CT molecular complexity index is 1130. The molecule has 0 fully saturated rings. The number of esters is 1. The highest BCUT2D eigenvalue weighted by Gasteiger charge is 2.26. The van der Waals surface area contributed by atoms with Crippen molar-refractivity contribution in [3.8, 4) is 16.9 Å². The van der Waals surface area contributed by atoms with E-state index >= 15 is 0 Å². The van der Waals surface area contributed by atoms with Crippen LogP contribution in [0, 0.1) is 5.92 Å². The van der Waals surface area contributed by atoms with Gasteiger partial charge < -0.3 is 14.6 Å². The van der Waals surface area contributed by atoms with Crippen LogP contribution in [-0.4, -0.2) is 22.1 Å². The van der Waals surface area contributed by atoms with Crippen LogP contribution in [0.1, 0.15) is 33.1 Å². The minimum Gasteiger partial charge on any atom is -0.424 e. The number of hydrogen-bond donors (Lipinski definition) is 1. The van der Waals surface area contributed by atoms with Gasteiger partial charge in [0, 0.05) is 34.3 Å². The molecular formula is C22H22Cl3N3O2. The second-order valence-electron chi connectivity index (χ2n) is 7.54. The third kappa shape index (κ3) is 3.86. The van der Waals surface area contributed by atoms with Crippen molar-refractivity contribution in [3.63, 3.8) is 0 Å². The molecule has 0 spiro atoms. The monoisotopic (exact) mass is 465 g/mol. The normalized spacial score (nSPS) is 14.3. The van der Waals surface area contributed by atoms with Crippen molar-refractivity contribution in [3.05, 3.63) is 39.3 Å². The standard InChI is InChI=1S/C22H22Cl3N3O2/c1-3-5-12(2)21(29)30-17-11-15(14-7-6-13(23)10-16(14)24)18(25)19-20(17)28-9-4-8-26-22(28)27-19/h6-7,10-12H,3-5,8-9H2,1-2H3,(H,26,27). The number of halogens is 3. The zero-order valence-electron chi connectivity index (χ0n) is 16.8. The van der Waals surface area contributed by atoms with E-state index in [1.807, 2.05) is 18.4 Å². The summed E-state index contributed by atoms with van der Waals surface area (Å²) in [4.78, 5) is 17.4. The molecule has 0 saturated carbocycles. The summed E-state index contributed by atoms with van der Waals surface area (Å²) in [6, 6.07) is 6.99. The molecular weight excluding hydrogens is 445 g/mol. The van der Waals surface area contributed by atoms with E-state index in [1.54, 1.807) is 24.3 Å². The minimum atomic E-state index is -0.270. The molecule has 0 aliphatic carbocycles. The van der Waals surface area contributed by atoms with Gasteiger partial charge in [-0.2, -0.15) is 0 Å². The highest BCUT2D eigenvalue weighted by atomic mass is 35.5. The van der Waals surface area contributed by atoms with Crippen LogP contribution in [0.25, 0.3) is 22.2 Å². The smallest absolute Gasteiger partial charge is 0.314 e. The Labute approximate surface area is 190 Å². The summed E-state index contributed by atoms with van der Waals surface area (Å²) in [5.41, 5.74) is 2.64. The largest absolute Gasteiger partial charge is 0.424 e. The van der Waals surface area contributed by atoms with Crippen LogP contribution < -0.4 is 10.1 Å². The molecule has 1 aliphatic rings. The minimum absolute atomic E-state index is 0.204. The van der Waals surface area contributed by atoms with Crippen molar-refractivity contribution in [2.75, 3.05) is 11.9 Å². The van der Waals surface area contributed by atoms with E-state index in [4.69, 9.17) is 44.5 Å². The van der Waals surface area contributed by atoms with Gasteiger partial charge in [-0.05, 0) is 31.0 Å². The zero-order valence-corrected chi connectivity index (χ0v) is 19.0. The first-order valence-corrected chi connectivity index (χ1v) is 11.2. The van der Waals surface area contributed by atoms with E-state index in [0.717, 1.165) is 38.3 Å². The molecule has 1 aromatic heterocycles. The van der Waals surface area contributed by atoms with Crippen LogP contribution in [0.4, 0.5) is 5.95 Å². The fourth-order valence-corrected chi connectivity index (χ4v) is 4.58. The van der Waals surface area contributed by atoms with Gasteiger partial charge >= 0.3 is 5.97 Å². The van der Waals surface area contributed by atoms with E-state index in [1.165, 1.54) is 0 Å². The Hall–Kier alpha value is -1.95. The van der Waals surface area contributed by atoms with Gasteiger partial charge in [-0.3, -0.25) is 4.79 Å². The number of fused-ring (bicyclic) bond motifs is 3. The molecule has 3 aromatic rings. The molecule has 158 valence electrons. The second kappa shape index (κ2) is 8.66. The molecule has 8 heteroatoms. The molecule has 0 radical (unpaired) electrons. The molecule has 2 heterocycles. The molecule has 4 rings (SSSR count). The Morgan fingerprint density at radius 2 is 2.07 bits per heavy atom. The summed E-state index contributed by atoms with van der Waals surface area (Å²) in [6.07, 6.45) is 2.61. The van der Waals surface area contributed by atoms with Gasteiger partial charge in [0.15, 0.2) is 5.75 Å². The van der Waals surface area contributed by atoms with Crippen molar-refractivity contribution in [2.24, 2.45) is 5.92 Å². The predicted octanol–water partition coefficient (Wildman–Crippen LogP) is 6.82. The van der Waals surface area contributed by atoms with Gasteiger partial charge in [0.2, 0.25) is 5.95 Å². The van der Waals surface area contributed by atoms with Gasteiger partial charge in [0.25, 0.3) is 0 Å². The van der Waals surface area contributed by atoms with E-state index in [9.17, 15) is 4.79 Å². The van der Waals surface area contributed by atoms with Crippen LogP contribution >= 0.6 is 34.8 Å². The number of imidazole rings is 1. The number of benzene rings is 2. The summed E-state index contributed by atoms with van der Waals surface area (Å²) >= 11 is 19.3. The van der Waals surface area contributed by atoms with Crippen molar-refractivity contribution in [2.45, 2.75) is 39.7 Å². The molecule has 30 heavy (non-hydrogen) atoms. The molecule has 1 aliphatic heterocycles. The van der Waals surface area contributed by atoms with Crippen molar-refractivity contribution in [1.82, 2.24) is 9.55 Å². The third-order valence-electron chi connectivity index (χ3n) is 5.32. The van der Waals surface area contributed by atoms with Gasteiger partial charge in [0.1, 0.15) is 11.0 Å². The fraction of sp³-hybridized carbons (Fsp3) is 0.364. The number of carbonyl (C=O) groups is 1. The first-order valence-electron chi connectivity index (χ1n) is 10.0.